The Labute approximate surface area is 122 Å². The molecule has 1 aromatic carbocycles. The van der Waals surface area contributed by atoms with Gasteiger partial charge in [0.1, 0.15) is 0 Å². The van der Waals surface area contributed by atoms with E-state index in [1.165, 1.54) is 6.92 Å². The summed E-state index contributed by atoms with van der Waals surface area (Å²) in [6.07, 6.45) is 0. The highest BCUT2D eigenvalue weighted by atomic mass is 16.2. The van der Waals surface area contributed by atoms with Gasteiger partial charge in [0.2, 0.25) is 0 Å². The first-order chi connectivity index (χ1) is 10.1. The van der Waals surface area contributed by atoms with Crippen LogP contribution < -0.4 is 16.0 Å². The van der Waals surface area contributed by atoms with Gasteiger partial charge in [-0.25, -0.2) is 9.59 Å². The number of Topliss-reactive ketones (excluding diaryl/α,β-unsaturated/α-hetero) is 1. The Morgan fingerprint density at radius 3 is 2.86 bits per heavy atom. The van der Waals surface area contributed by atoms with E-state index in [-0.39, 0.29) is 17.8 Å². The van der Waals surface area contributed by atoms with Crippen molar-refractivity contribution in [2.45, 2.75) is 6.92 Å². The molecule has 2 rings (SSSR count). The van der Waals surface area contributed by atoms with Crippen LogP contribution in [0.2, 0.25) is 0 Å². The molecule has 0 saturated carbocycles. The van der Waals surface area contributed by atoms with Crippen molar-refractivity contribution in [1.29, 1.82) is 0 Å². The van der Waals surface area contributed by atoms with Crippen LogP contribution in [0, 0.1) is 0 Å². The molecular weight excluding hydrogens is 272 g/mol. The fraction of sp³-hybridized carbons (Fsp3) is 0.357. The Morgan fingerprint density at radius 1 is 1.38 bits per heavy atom. The normalized spacial score (nSPS) is 13.8. The molecule has 1 aromatic rings. The number of urea groups is 2. The molecule has 112 valence electrons. The SMILES string of the molecule is CC(=O)c1cccc(NC(=O)NCCN2CCNC2=O)c1. The fourth-order valence-electron chi connectivity index (χ4n) is 2.02. The third-order valence-electron chi connectivity index (χ3n) is 3.14. The van der Waals surface area contributed by atoms with Gasteiger partial charge in [-0.3, -0.25) is 4.79 Å². The lowest BCUT2D eigenvalue weighted by Crippen LogP contribution is -2.38. The highest BCUT2D eigenvalue weighted by molar-refractivity contribution is 5.96. The number of ketones is 1. The molecule has 0 spiro atoms. The monoisotopic (exact) mass is 290 g/mol. The predicted molar refractivity (Wildman–Crippen MR) is 78.4 cm³/mol. The molecule has 0 unspecified atom stereocenters. The minimum absolute atomic E-state index is 0.0564. The third-order valence-corrected chi connectivity index (χ3v) is 3.14. The van der Waals surface area contributed by atoms with Gasteiger partial charge >= 0.3 is 12.1 Å². The Hall–Kier alpha value is -2.57. The molecule has 0 aliphatic carbocycles. The second kappa shape index (κ2) is 6.74. The van der Waals surface area contributed by atoms with Gasteiger partial charge in [0, 0.05) is 37.4 Å². The number of rotatable bonds is 5. The first-order valence-corrected chi connectivity index (χ1v) is 6.75. The minimum Gasteiger partial charge on any atom is -0.336 e. The van der Waals surface area contributed by atoms with Crippen molar-refractivity contribution in [2.24, 2.45) is 0 Å². The van der Waals surface area contributed by atoms with E-state index >= 15 is 0 Å². The van der Waals surface area contributed by atoms with Crippen molar-refractivity contribution >= 4 is 23.5 Å². The Morgan fingerprint density at radius 2 is 2.19 bits per heavy atom. The molecule has 0 aromatic heterocycles. The Balaban J connectivity index is 1.77. The van der Waals surface area contributed by atoms with Gasteiger partial charge in [-0.1, -0.05) is 12.1 Å². The topological polar surface area (TPSA) is 90.5 Å². The first-order valence-electron chi connectivity index (χ1n) is 6.75. The molecule has 7 nitrogen and oxygen atoms in total. The summed E-state index contributed by atoms with van der Waals surface area (Å²) in [6, 6.07) is 6.26. The van der Waals surface area contributed by atoms with Gasteiger partial charge in [-0.2, -0.15) is 0 Å². The maximum atomic E-state index is 11.7. The van der Waals surface area contributed by atoms with Gasteiger partial charge < -0.3 is 20.9 Å². The average molecular weight is 290 g/mol. The quantitative estimate of drug-likeness (QED) is 0.708. The zero-order valence-electron chi connectivity index (χ0n) is 11.8. The first kappa shape index (κ1) is 14.8. The Kier molecular flexibility index (Phi) is 4.76. The number of carbonyl (C=O) groups is 3. The van der Waals surface area contributed by atoms with Crippen LogP contribution >= 0.6 is 0 Å². The zero-order chi connectivity index (χ0) is 15.2. The standard InChI is InChI=1S/C14H18N4O3/c1-10(19)11-3-2-4-12(9-11)17-13(20)15-5-7-18-8-6-16-14(18)21/h2-4,9H,5-8H2,1H3,(H,16,21)(H2,15,17,20). The number of nitrogens with one attached hydrogen (secondary N) is 3. The second-order valence-electron chi connectivity index (χ2n) is 4.74. The number of hydrogen-bond donors (Lipinski definition) is 3. The van der Waals surface area contributed by atoms with Crippen molar-refractivity contribution in [3.63, 3.8) is 0 Å². The molecule has 0 radical (unpaired) electrons. The van der Waals surface area contributed by atoms with E-state index in [1.54, 1.807) is 29.2 Å². The van der Waals surface area contributed by atoms with Crippen LogP contribution in [-0.2, 0) is 0 Å². The molecule has 1 aliphatic heterocycles. The Bertz CT molecular complexity index is 559. The zero-order valence-corrected chi connectivity index (χ0v) is 11.8. The molecule has 7 heteroatoms. The number of benzene rings is 1. The highest BCUT2D eigenvalue weighted by Gasteiger charge is 2.18. The molecule has 3 N–H and O–H groups in total. The van der Waals surface area contributed by atoms with Crippen molar-refractivity contribution in [1.82, 2.24) is 15.5 Å². The fourth-order valence-corrected chi connectivity index (χ4v) is 2.02. The largest absolute Gasteiger partial charge is 0.336 e. The number of amides is 4. The van der Waals surface area contributed by atoms with Gasteiger partial charge in [0.05, 0.1) is 0 Å². The van der Waals surface area contributed by atoms with E-state index in [9.17, 15) is 14.4 Å². The maximum absolute atomic E-state index is 11.7. The van der Waals surface area contributed by atoms with E-state index < -0.39 is 0 Å². The number of anilines is 1. The predicted octanol–water partition coefficient (Wildman–Crippen LogP) is 1.04. The van der Waals surface area contributed by atoms with Crippen molar-refractivity contribution in [3.8, 4) is 0 Å². The summed E-state index contributed by atoms with van der Waals surface area (Å²) in [7, 11) is 0. The van der Waals surface area contributed by atoms with Crippen LogP contribution in [0.3, 0.4) is 0 Å². The lowest BCUT2D eigenvalue weighted by atomic mass is 10.1. The van der Waals surface area contributed by atoms with E-state index in [0.717, 1.165) is 0 Å². The van der Waals surface area contributed by atoms with E-state index in [4.69, 9.17) is 0 Å². The highest BCUT2D eigenvalue weighted by Crippen LogP contribution is 2.10. The molecular formula is C14H18N4O3. The molecule has 4 amide bonds. The average Bonchev–Trinajstić information content (AvgIpc) is 2.85. The van der Waals surface area contributed by atoms with Gasteiger partial charge in [-0.15, -0.1) is 0 Å². The van der Waals surface area contributed by atoms with Crippen LogP contribution in [0.4, 0.5) is 15.3 Å². The summed E-state index contributed by atoms with van der Waals surface area (Å²) in [5.74, 6) is -0.0564. The van der Waals surface area contributed by atoms with Crippen LogP contribution in [0.1, 0.15) is 17.3 Å². The molecule has 1 aliphatic rings. The maximum Gasteiger partial charge on any atom is 0.319 e. The summed E-state index contributed by atoms with van der Waals surface area (Å²) >= 11 is 0. The number of hydrogen-bond acceptors (Lipinski definition) is 3. The molecule has 1 saturated heterocycles. The number of nitrogens with zero attached hydrogens (tertiary/aromatic N) is 1. The van der Waals surface area contributed by atoms with E-state index in [1.807, 2.05) is 0 Å². The third kappa shape index (κ3) is 4.20. The van der Waals surface area contributed by atoms with Crippen LogP contribution in [0.5, 0.6) is 0 Å². The smallest absolute Gasteiger partial charge is 0.319 e. The summed E-state index contributed by atoms with van der Waals surface area (Å²) in [6.45, 7) is 3.60. The molecule has 0 bridgehead atoms. The lowest BCUT2D eigenvalue weighted by molar-refractivity contribution is 0.101. The van der Waals surface area contributed by atoms with Crippen molar-refractivity contribution in [3.05, 3.63) is 29.8 Å². The second-order valence-corrected chi connectivity index (χ2v) is 4.74. The van der Waals surface area contributed by atoms with Crippen LogP contribution in [0.15, 0.2) is 24.3 Å². The summed E-state index contributed by atoms with van der Waals surface area (Å²) in [4.78, 5) is 35.9. The summed E-state index contributed by atoms with van der Waals surface area (Å²) in [5, 5.41) is 8.01. The molecule has 0 atom stereocenters. The minimum atomic E-state index is -0.365. The van der Waals surface area contributed by atoms with Crippen LogP contribution in [-0.4, -0.2) is 48.9 Å². The van der Waals surface area contributed by atoms with E-state index in [2.05, 4.69) is 16.0 Å². The number of carbonyl (C=O) groups excluding carboxylic acids is 3. The van der Waals surface area contributed by atoms with Gasteiger partial charge in [0.25, 0.3) is 0 Å². The summed E-state index contributed by atoms with van der Waals surface area (Å²) in [5.41, 5.74) is 1.10. The lowest BCUT2D eigenvalue weighted by Gasteiger charge is -2.14. The van der Waals surface area contributed by atoms with Crippen LogP contribution in [0.25, 0.3) is 0 Å². The van der Waals surface area contributed by atoms with E-state index in [0.29, 0.717) is 37.4 Å². The van der Waals surface area contributed by atoms with Crippen molar-refractivity contribution < 1.29 is 14.4 Å². The molecule has 1 heterocycles. The van der Waals surface area contributed by atoms with Crippen molar-refractivity contribution in [2.75, 3.05) is 31.5 Å². The van der Waals surface area contributed by atoms with Gasteiger partial charge in [-0.05, 0) is 19.1 Å². The molecule has 21 heavy (non-hydrogen) atoms. The summed E-state index contributed by atoms with van der Waals surface area (Å²) < 4.78 is 0. The van der Waals surface area contributed by atoms with Gasteiger partial charge in [0.15, 0.2) is 5.78 Å². The molecule has 1 fully saturated rings.